The maximum absolute atomic E-state index is 5.58. The average Bonchev–Trinajstić information content (AvgIpc) is 2.59. The van der Waals surface area contributed by atoms with Crippen molar-refractivity contribution in [2.24, 2.45) is 23.2 Å². The Kier molecular flexibility index (Phi) is 4.79. The van der Waals surface area contributed by atoms with E-state index in [-0.39, 0.29) is 0 Å². The van der Waals surface area contributed by atoms with Gasteiger partial charge < -0.3 is 10.6 Å². The van der Waals surface area contributed by atoms with E-state index in [0.29, 0.717) is 11.3 Å². The topological polar surface area (TPSA) is 24.1 Å². The molecule has 4 fully saturated rings. The lowest BCUT2D eigenvalue weighted by Crippen LogP contribution is -2.51. The molecule has 4 aliphatic rings. The van der Waals surface area contributed by atoms with Crippen LogP contribution in [0.1, 0.15) is 70.3 Å². The highest BCUT2D eigenvalue weighted by Gasteiger charge is 2.50. The van der Waals surface area contributed by atoms with Crippen molar-refractivity contribution in [3.63, 3.8) is 0 Å². The fourth-order valence-corrected chi connectivity index (χ4v) is 6.27. The van der Waals surface area contributed by atoms with Crippen molar-refractivity contribution in [3.05, 3.63) is 29.8 Å². The minimum Gasteiger partial charge on any atom is -0.362 e. The van der Waals surface area contributed by atoms with Gasteiger partial charge in [0, 0.05) is 12.2 Å². The number of benzene rings is 1. The van der Waals surface area contributed by atoms with Crippen molar-refractivity contribution < 1.29 is 0 Å². The summed E-state index contributed by atoms with van der Waals surface area (Å²) in [6.45, 7) is 5.58. The molecule has 4 aliphatic carbocycles. The molecule has 136 valence electrons. The Morgan fingerprint density at radius 3 is 2.16 bits per heavy atom. The predicted molar refractivity (Wildman–Crippen MR) is 110 cm³/mol. The highest BCUT2D eigenvalue weighted by molar-refractivity contribution is 7.80. The van der Waals surface area contributed by atoms with E-state index in [1.807, 2.05) is 0 Å². The van der Waals surface area contributed by atoms with Crippen molar-refractivity contribution in [1.29, 1.82) is 0 Å². The average molecular weight is 357 g/mol. The summed E-state index contributed by atoms with van der Waals surface area (Å²) in [4.78, 5) is 0. The van der Waals surface area contributed by atoms with E-state index >= 15 is 0 Å². The van der Waals surface area contributed by atoms with Gasteiger partial charge in [-0.1, -0.05) is 26.0 Å². The summed E-state index contributed by atoms with van der Waals surface area (Å²) in [6.07, 6.45) is 9.98. The first kappa shape index (κ1) is 17.3. The lowest BCUT2D eigenvalue weighted by Gasteiger charge is -2.57. The fourth-order valence-electron chi connectivity index (χ4n) is 6.08. The first-order chi connectivity index (χ1) is 12.0. The maximum Gasteiger partial charge on any atom is 0.170 e. The Morgan fingerprint density at radius 2 is 1.64 bits per heavy atom. The second kappa shape index (κ2) is 6.90. The third kappa shape index (κ3) is 3.72. The van der Waals surface area contributed by atoms with Gasteiger partial charge in [0.2, 0.25) is 0 Å². The molecule has 0 spiro atoms. The van der Waals surface area contributed by atoms with Crippen LogP contribution in [-0.4, -0.2) is 11.7 Å². The van der Waals surface area contributed by atoms with E-state index in [9.17, 15) is 0 Å². The van der Waals surface area contributed by atoms with Gasteiger partial charge in [0.05, 0.1) is 0 Å². The summed E-state index contributed by atoms with van der Waals surface area (Å²) in [5.41, 5.74) is 3.02. The summed E-state index contributed by atoms with van der Waals surface area (Å²) < 4.78 is 0. The van der Waals surface area contributed by atoms with Crippen LogP contribution in [0.25, 0.3) is 0 Å². The first-order valence-corrected chi connectivity index (χ1v) is 10.6. The van der Waals surface area contributed by atoms with Crippen LogP contribution in [0.4, 0.5) is 5.69 Å². The van der Waals surface area contributed by atoms with Gasteiger partial charge in [-0.25, -0.2) is 0 Å². The molecule has 2 nitrogen and oxygen atoms in total. The predicted octanol–water partition coefficient (Wildman–Crippen LogP) is 5.70. The van der Waals surface area contributed by atoms with Crippen molar-refractivity contribution in [2.75, 3.05) is 11.9 Å². The second-order valence-electron chi connectivity index (χ2n) is 9.16. The standard InChI is InChI=1S/C22H32N2S/c1-3-15(2)19-4-6-20(7-5-19)24-21(25)23-14-22-11-16-8-17(12-22)10-18(9-16)13-22/h4-7,15-18H,3,8-14H2,1-2H3,(H2,23,24,25)/t15-,16?,17?,18?,22?/m1/s1. The van der Waals surface area contributed by atoms with Crippen LogP contribution in [0.2, 0.25) is 0 Å². The van der Waals surface area contributed by atoms with Crippen LogP contribution < -0.4 is 10.6 Å². The molecule has 1 aromatic carbocycles. The Morgan fingerprint density at radius 1 is 1.08 bits per heavy atom. The van der Waals surface area contributed by atoms with Gasteiger partial charge in [-0.3, -0.25) is 0 Å². The van der Waals surface area contributed by atoms with Crippen molar-refractivity contribution in [3.8, 4) is 0 Å². The van der Waals surface area contributed by atoms with E-state index in [1.54, 1.807) is 0 Å². The van der Waals surface area contributed by atoms with Crippen LogP contribution in [0.15, 0.2) is 24.3 Å². The third-order valence-electron chi connectivity index (χ3n) is 7.14. The molecule has 1 aromatic rings. The quantitative estimate of drug-likeness (QED) is 0.661. The number of nitrogens with one attached hydrogen (secondary N) is 2. The molecule has 25 heavy (non-hydrogen) atoms. The minimum absolute atomic E-state index is 0.529. The second-order valence-corrected chi connectivity index (χ2v) is 9.56. The SMILES string of the molecule is CC[C@@H](C)c1ccc(NC(=S)NCC23CC4CC(CC(C4)C2)C3)cc1. The first-order valence-electron chi connectivity index (χ1n) is 10.2. The number of hydrogen-bond donors (Lipinski definition) is 2. The lowest BCUT2D eigenvalue weighted by molar-refractivity contribution is -0.0490. The Labute approximate surface area is 158 Å². The summed E-state index contributed by atoms with van der Waals surface area (Å²) in [6, 6.07) is 8.75. The smallest absolute Gasteiger partial charge is 0.170 e. The number of rotatable bonds is 5. The molecule has 0 aliphatic heterocycles. The lowest BCUT2D eigenvalue weighted by atomic mass is 9.49. The van der Waals surface area contributed by atoms with E-state index in [1.165, 1.54) is 50.5 Å². The molecule has 1 atom stereocenters. The third-order valence-corrected chi connectivity index (χ3v) is 7.39. The summed E-state index contributed by atoms with van der Waals surface area (Å²) in [5, 5.41) is 7.72. The zero-order valence-electron chi connectivity index (χ0n) is 15.7. The van der Waals surface area contributed by atoms with Crippen molar-refractivity contribution >= 4 is 23.0 Å². The molecule has 2 N–H and O–H groups in total. The molecule has 0 radical (unpaired) electrons. The number of hydrogen-bond acceptors (Lipinski definition) is 1. The zero-order chi connectivity index (χ0) is 17.4. The van der Waals surface area contributed by atoms with E-state index in [2.05, 4.69) is 48.7 Å². The summed E-state index contributed by atoms with van der Waals surface area (Å²) >= 11 is 5.58. The fraction of sp³-hybridized carbons (Fsp3) is 0.682. The van der Waals surface area contributed by atoms with Crippen molar-refractivity contribution in [2.45, 2.75) is 64.7 Å². The number of anilines is 1. The highest BCUT2D eigenvalue weighted by Crippen LogP contribution is 2.59. The molecule has 0 amide bonds. The van der Waals surface area contributed by atoms with Crippen LogP contribution >= 0.6 is 12.2 Å². The largest absolute Gasteiger partial charge is 0.362 e. The molecular formula is C22H32N2S. The van der Waals surface area contributed by atoms with Gasteiger partial charge in [0.1, 0.15) is 0 Å². The van der Waals surface area contributed by atoms with Gasteiger partial charge in [0.25, 0.3) is 0 Å². The highest BCUT2D eigenvalue weighted by atomic mass is 32.1. The molecule has 3 heteroatoms. The zero-order valence-corrected chi connectivity index (χ0v) is 16.5. The van der Waals surface area contributed by atoms with E-state index in [4.69, 9.17) is 12.2 Å². The van der Waals surface area contributed by atoms with Gasteiger partial charge in [-0.2, -0.15) is 0 Å². The van der Waals surface area contributed by atoms with Crippen LogP contribution in [0.5, 0.6) is 0 Å². The van der Waals surface area contributed by atoms with Crippen LogP contribution in [0, 0.1) is 23.2 Å². The molecular weight excluding hydrogens is 324 g/mol. The van der Waals surface area contributed by atoms with Gasteiger partial charge >= 0.3 is 0 Å². The normalized spacial score (nSPS) is 33.9. The van der Waals surface area contributed by atoms with Crippen LogP contribution in [-0.2, 0) is 0 Å². The molecule has 4 bridgehead atoms. The van der Waals surface area contributed by atoms with Gasteiger partial charge in [-0.15, -0.1) is 0 Å². The maximum atomic E-state index is 5.58. The monoisotopic (exact) mass is 356 g/mol. The molecule has 0 aromatic heterocycles. The van der Waals surface area contributed by atoms with Gasteiger partial charge in [-0.05, 0) is 104 Å². The molecule has 5 rings (SSSR count). The summed E-state index contributed by atoms with van der Waals surface area (Å²) in [5.74, 6) is 3.63. The van der Waals surface area contributed by atoms with Crippen molar-refractivity contribution in [1.82, 2.24) is 5.32 Å². The molecule has 0 saturated heterocycles. The number of thiocarbonyl (C=S) groups is 1. The molecule has 0 unspecified atom stereocenters. The Hall–Kier alpha value is -1.09. The van der Waals surface area contributed by atoms with Gasteiger partial charge in [0.15, 0.2) is 5.11 Å². The summed E-state index contributed by atoms with van der Waals surface area (Å²) in [7, 11) is 0. The van der Waals surface area contributed by atoms with E-state index < -0.39 is 0 Å². The van der Waals surface area contributed by atoms with E-state index in [0.717, 1.165) is 35.1 Å². The molecule has 4 saturated carbocycles. The molecule has 0 heterocycles. The Balaban J connectivity index is 1.31. The minimum atomic E-state index is 0.529. The Bertz CT molecular complexity index is 586. The van der Waals surface area contributed by atoms with Crippen LogP contribution in [0.3, 0.4) is 0 Å².